The van der Waals surface area contributed by atoms with Gasteiger partial charge >= 0.3 is 5.97 Å². The fourth-order valence-corrected chi connectivity index (χ4v) is 2.08. The number of nitrogens with zero attached hydrogens (tertiary/aromatic N) is 2. The highest BCUT2D eigenvalue weighted by atomic mass is 19.1. The highest BCUT2D eigenvalue weighted by Gasteiger charge is 2.18. The van der Waals surface area contributed by atoms with Crippen LogP contribution < -0.4 is 0 Å². The molecule has 0 aliphatic heterocycles. The Morgan fingerprint density at radius 1 is 1.42 bits per heavy atom. The highest BCUT2D eigenvalue weighted by Crippen LogP contribution is 2.32. The Morgan fingerprint density at radius 3 is 2.89 bits per heavy atom. The number of furan rings is 1. The van der Waals surface area contributed by atoms with Crippen molar-refractivity contribution in [3.63, 3.8) is 0 Å². The summed E-state index contributed by atoms with van der Waals surface area (Å²) in [6.45, 7) is 0. The van der Waals surface area contributed by atoms with E-state index in [9.17, 15) is 9.18 Å². The molecule has 0 radical (unpaired) electrons. The number of carboxylic acid groups (broad SMARTS) is 1. The number of aromatic nitrogens is 2. The van der Waals surface area contributed by atoms with Gasteiger partial charge in [-0.25, -0.2) is 9.18 Å². The van der Waals surface area contributed by atoms with E-state index in [1.54, 1.807) is 13.1 Å². The fourth-order valence-electron chi connectivity index (χ4n) is 2.08. The SMILES string of the molecule is Cn1nc(C(=O)O)cc1-c1c(F)ccc2occc12. The lowest BCUT2D eigenvalue weighted by Crippen LogP contribution is -1.99. The minimum Gasteiger partial charge on any atom is -0.476 e. The lowest BCUT2D eigenvalue weighted by molar-refractivity contribution is 0.0689. The summed E-state index contributed by atoms with van der Waals surface area (Å²) in [5.41, 5.74) is 1.09. The summed E-state index contributed by atoms with van der Waals surface area (Å²) < 4.78 is 20.6. The zero-order chi connectivity index (χ0) is 13.6. The molecular formula is C13H9FN2O3. The quantitative estimate of drug-likeness (QED) is 0.769. The van der Waals surface area contributed by atoms with Crippen molar-refractivity contribution in [1.82, 2.24) is 9.78 Å². The largest absolute Gasteiger partial charge is 0.476 e. The minimum absolute atomic E-state index is 0.127. The number of carbonyl (C=O) groups is 1. The molecule has 3 rings (SSSR count). The van der Waals surface area contributed by atoms with Crippen LogP contribution in [0.2, 0.25) is 0 Å². The molecule has 0 bridgehead atoms. The van der Waals surface area contributed by atoms with Crippen LogP contribution in [0.4, 0.5) is 4.39 Å². The Bertz CT molecular complexity index is 788. The van der Waals surface area contributed by atoms with Crippen LogP contribution in [0.5, 0.6) is 0 Å². The van der Waals surface area contributed by atoms with Gasteiger partial charge in [-0.2, -0.15) is 5.10 Å². The molecular weight excluding hydrogens is 251 g/mol. The fraction of sp³-hybridized carbons (Fsp3) is 0.0769. The van der Waals surface area contributed by atoms with E-state index >= 15 is 0 Å². The highest BCUT2D eigenvalue weighted by molar-refractivity contribution is 5.95. The molecule has 0 spiro atoms. The molecule has 2 aromatic heterocycles. The van der Waals surface area contributed by atoms with Gasteiger partial charge in [-0.05, 0) is 24.3 Å². The number of carboxylic acids is 1. The number of benzene rings is 1. The van der Waals surface area contributed by atoms with E-state index in [-0.39, 0.29) is 11.3 Å². The van der Waals surface area contributed by atoms with Crippen LogP contribution in [-0.2, 0) is 7.05 Å². The monoisotopic (exact) mass is 260 g/mol. The molecule has 96 valence electrons. The number of fused-ring (bicyclic) bond motifs is 1. The van der Waals surface area contributed by atoms with Crippen LogP contribution in [0.15, 0.2) is 34.9 Å². The number of hydrogen-bond acceptors (Lipinski definition) is 3. The van der Waals surface area contributed by atoms with Crippen LogP contribution in [0, 0.1) is 5.82 Å². The second kappa shape index (κ2) is 3.94. The maximum atomic E-state index is 14.0. The van der Waals surface area contributed by atoms with Gasteiger partial charge in [0.15, 0.2) is 5.69 Å². The van der Waals surface area contributed by atoms with Crippen LogP contribution >= 0.6 is 0 Å². The zero-order valence-electron chi connectivity index (χ0n) is 9.92. The third kappa shape index (κ3) is 1.69. The van der Waals surface area contributed by atoms with Crippen LogP contribution in [0.3, 0.4) is 0 Å². The van der Waals surface area contributed by atoms with Crippen molar-refractivity contribution in [2.75, 3.05) is 0 Å². The summed E-state index contributed by atoms with van der Waals surface area (Å²) in [4.78, 5) is 10.9. The van der Waals surface area contributed by atoms with Gasteiger partial charge < -0.3 is 9.52 Å². The maximum absolute atomic E-state index is 14.0. The van der Waals surface area contributed by atoms with E-state index in [0.717, 1.165) is 0 Å². The predicted octanol–water partition coefficient (Wildman–Crippen LogP) is 2.67. The summed E-state index contributed by atoms with van der Waals surface area (Å²) in [7, 11) is 1.57. The molecule has 1 aromatic carbocycles. The zero-order valence-corrected chi connectivity index (χ0v) is 9.92. The van der Waals surface area contributed by atoms with Crippen molar-refractivity contribution in [3.8, 4) is 11.3 Å². The molecule has 0 atom stereocenters. The van der Waals surface area contributed by atoms with Gasteiger partial charge in [0.25, 0.3) is 0 Å². The molecule has 0 fully saturated rings. The Kier molecular flexibility index (Phi) is 2.38. The summed E-state index contributed by atoms with van der Waals surface area (Å²) in [5, 5.41) is 13.3. The first-order valence-corrected chi connectivity index (χ1v) is 5.51. The molecule has 19 heavy (non-hydrogen) atoms. The normalized spacial score (nSPS) is 11.1. The minimum atomic E-state index is -1.15. The van der Waals surface area contributed by atoms with Gasteiger partial charge in [-0.15, -0.1) is 0 Å². The van der Waals surface area contributed by atoms with Gasteiger partial charge in [-0.3, -0.25) is 4.68 Å². The second-order valence-electron chi connectivity index (χ2n) is 4.10. The number of rotatable bonds is 2. The lowest BCUT2D eigenvalue weighted by Gasteiger charge is -2.04. The van der Waals surface area contributed by atoms with Crippen LogP contribution in [0.1, 0.15) is 10.5 Å². The summed E-state index contributed by atoms with van der Waals surface area (Å²) in [6.07, 6.45) is 1.46. The second-order valence-corrected chi connectivity index (χ2v) is 4.10. The maximum Gasteiger partial charge on any atom is 0.356 e. The first-order valence-electron chi connectivity index (χ1n) is 5.51. The van der Waals surface area contributed by atoms with Gasteiger partial charge in [0.2, 0.25) is 0 Å². The Labute approximate surface area is 106 Å². The average molecular weight is 260 g/mol. The molecule has 3 aromatic rings. The summed E-state index contributed by atoms with van der Waals surface area (Å²) >= 11 is 0. The van der Waals surface area contributed by atoms with E-state index in [1.807, 2.05) is 0 Å². The summed E-state index contributed by atoms with van der Waals surface area (Å²) in [6, 6.07) is 5.80. The number of aryl methyl sites for hydroxylation is 1. The molecule has 0 aliphatic carbocycles. The standard InChI is InChI=1S/C13H9FN2O3/c1-16-10(6-9(15-16)13(17)18)12-7-4-5-19-11(7)3-2-8(12)14/h2-6H,1H3,(H,17,18). The van der Waals surface area contributed by atoms with Crippen molar-refractivity contribution in [1.29, 1.82) is 0 Å². The molecule has 2 heterocycles. The van der Waals surface area contributed by atoms with Crippen LogP contribution in [-0.4, -0.2) is 20.9 Å². The van der Waals surface area contributed by atoms with Gasteiger partial charge in [-0.1, -0.05) is 0 Å². The molecule has 0 aliphatic rings. The number of halogens is 1. The summed E-state index contributed by atoms with van der Waals surface area (Å²) in [5.74, 6) is -1.60. The van der Waals surface area contributed by atoms with Crippen molar-refractivity contribution < 1.29 is 18.7 Å². The van der Waals surface area contributed by atoms with Gasteiger partial charge in [0, 0.05) is 18.0 Å². The smallest absolute Gasteiger partial charge is 0.356 e. The van der Waals surface area contributed by atoms with Crippen molar-refractivity contribution in [2.45, 2.75) is 0 Å². The van der Waals surface area contributed by atoms with Crippen molar-refractivity contribution >= 4 is 16.9 Å². The topological polar surface area (TPSA) is 68.3 Å². The molecule has 6 heteroatoms. The molecule has 0 saturated heterocycles. The van der Waals surface area contributed by atoms with Crippen molar-refractivity contribution in [3.05, 3.63) is 42.0 Å². The Hall–Kier alpha value is -2.63. The van der Waals surface area contributed by atoms with E-state index in [2.05, 4.69) is 5.10 Å². The lowest BCUT2D eigenvalue weighted by atomic mass is 10.1. The molecule has 0 amide bonds. The molecule has 0 unspecified atom stereocenters. The van der Waals surface area contributed by atoms with Gasteiger partial charge in [0.05, 0.1) is 12.0 Å². The third-order valence-electron chi connectivity index (χ3n) is 2.94. The number of hydrogen-bond donors (Lipinski definition) is 1. The van der Waals surface area contributed by atoms with Crippen molar-refractivity contribution in [2.24, 2.45) is 7.05 Å². The average Bonchev–Trinajstić information content (AvgIpc) is 2.96. The molecule has 0 saturated carbocycles. The van der Waals surface area contributed by atoms with E-state index in [4.69, 9.17) is 9.52 Å². The molecule has 5 nitrogen and oxygen atoms in total. The Balaban J connectivity index is 2.32. The third-order valence-corrected chi connectivity index (χ3v) is 2.94. The first-order chi connectivity index (χ1) is 9.08. The van der Waals surface area contributed by atoms with E-state index in [1.165, 1.54) is 29.1 Å². The first kappa shape index (κ1) is 11.5. The van der Waals surface area contributed by atoms with E-state index < -0.39 is 11.8 Å². The molecule has 1 N–H and O–H groups in total. The van der Waals surface area contributed by atoms with Gasteiger partial charge in [0.1, 0.15) is 11.4 Å². The Morgan fingerprint density at radius 2 is 2.21 bits per heavy atom. The predicted molar refractivity (Wildman–Crippen MR) is 65.3 cm³/mol. The number of aromatic carboxylic acids is 1. The van der Waals surface area contributed by atoms with Crippen LogP contribution in [0.25, 0.3) is 22.2 Å². The van der Waals surface area contributed by atoms with E-state index in [0.29, 0.717) is 16.7 Å².